The Labute approximate surface area is 121 Å². The van der Waals surface area contributed by atoms with E-state index in [0.717, 1.165) is 11.3 Å². The molecular formula is C15H13ClFNO2. The van der Waals surface area contributed by atoms with Crippen molar-refractivity contribution in [1.29, 1.82) is 0 Å². The average molecular weight is 294 g/mol. The van der Waals surface area contributed by atoms with Crippen LogP contribution in [-0.2, 0) is 11.3 Å². The lowest BCUT2D eigenvalue weighted by Crippen LogP contribution is -2.04. The lowest BCUT2D eigenvalue weighted by molar-refractivity contribution is 0.0601. The van der Waals surface area contributed by atoms with Crippen molar-refractivity contribution in [2.45, 2.75) is 6.54 Å². The van der Waals surface area contributed by atoms with Crippen molar-refractivity contribution in [3.8, 4) is 0 Å². The number of ether oxygens (including phenoxy) is 1. The predicted octanol–water partition coefficient (Wildman–Crippen LogP) is 3.88. The summed E-state index contributed by atoms with van der Waals surface area (Å²) < 4.78 is 18.0. The van der Waals surface area contributed by atoms with Gasteiger partial charge in [-0.05, 0) is 35.9 Å². The molecule has 2 aromatic carbocycles. The maximum atomic E-state index is 13.3. The number of hydrogen-bond donors (Lipinski definition) is 1. The van der Waals surface area contributed by atoms with E-state index in [1.807, 2.05) is 6.07 Å². The number of hydrogen-bond acceptors (Lipinski definition) is 3. The molecule has 0 saturated carbocycles. The van der Waals surface area contributed by atoms with Crippen LogP contribution in [-0.4, -0.2) is 13.1 Å². The van der Waals surface area contributed by atoms with Crippen LogP contribution in [0.3, 0.4) is 0 Å². The molecule has 0 aliphatic carbocycles. The third-order valence-corrected chi connectivity index (χ3v) is 3.07. The highest BCUT2D eigenvalue weighted by Crippen LogP contribution is 2.17. The number of halogens is 2. The largest absolute Gasteiger partial charge is 0.465 e. The first kappa shape index (κ1) is 14.3. The van der Waals surface area contributed by atoms with Crippen molar-refractivity contribution >= 4 is 23.3 Å². The first-order valence-electron chi connectivity index (χ1n) is 5.96. The van der Waals surface area contributed by atoms with Crippen LogP contribution >= 0.6 is 11.6 Å². The molecule has 0 aromatic heterocycles. The molecule has 0 heterocycles. The molecular weight excluding hydrogens is 281 g/mol. The minimum absolute atomic E-state index is 0.0986. The molecule has 2 aromatic rings. The van der Waals surface area contributed by atoms with E-state index in [2.05, 4.69) is 10.1 Å². The van der Waals surface area contributed by atoms with Gasteiger partial charge in [-0.25, -0.2) is 9.18 Å². The fraction of sp³-hybridized carbons (Fsp3) is 0.133. The van der Waals surface area contributed by atoms with Gasteiger partial charge >= 0.3 is 5.97 Å². The second kappa shape index (κ2) is 6.39. The van der Waals surface area contributed by atoms with Crippen LogP contribution in [0.2, 0.25) is 5.02 Å². The van der Waals surface area contributed by atoms with E-state index < -0.39 is 11.8 Å². The molecule has 2 rings (SSSR count). The van der Waals surface area contributed by atoms with Crippen LogP contribution in [0.15, 0.2) is 42.5 Å². The topological polar surface area (TPSA) is 38.3 Å². The van der Waals surface area contributed by atoms with Crippen LogP contribution in [0.25, 0.3) is 0 Å². The zero-order valence-electron chi connectivity index (χ0n) is 10.8. The van der Waals surface area contributed by atoms with Gasteiger partial charge in [-0.3, -0.25) is 0 Å². The smallest absolute Gasteiger partial charge is 0.337 e. The number of carbonyl (C=O) groups excluding carboxylic acids is 1. The Morgan fingerprint density at radius 3 is 2.80 bits per heavy atom. The molecule has 0 radical (unpaired) electrons. The molecule has 0 saturated heterocycles. The molecule has 3 nitrogen and oxygen atoms in total. The Hall–Kier alpha value is -2.07. The summed E-state index contributed by atoms with van der Waals surface area (Å²) in [5.41, 5.74) is 1.97. The fourth-order valence-corrected chi connectivity index (χ4v) is 1.85. The standard InChI is InChI=1S/C15H13ClFNO2/c1-20-15(19)11-3-2-4-12(8-11)18-9-10-5-6-13(16)14(17)7-10/h2-8,18H,9H2,1H3. The normalized spacial score (nSPS) is 10.2. The molecule has 0 fully saturated rings. The third-order valence-electron chi connectivity index (χ3n) is 2.76. The summed E-state index contributed by atoms with van der Waals surface area (Å²) in [5.74, 6) is -0.847. The first-order chi connectivity index (χ1) is 9.60. The highest BCUT2D eigenvalue weighted by Gasteiger charge is 2.06. The zero-order valence-corrected chi connectivity index (χ0v) is 11.6. The van der Waals surface area contributed by atoms with Gasteiger partial charge < -0.3 is 10.1 Å². The Balaban J connectivity index is 2.07. The van der Waals surface area contributed by atoms with Gasteiger partial charge in [0.2, 0.25) is 0 Å². The molecule has 0 atom stereocenters. The quantitative estimate of drug-likeness (QED) is 0.870. The number of benzene rings is 2. The Morgan fingerprint density at radius 2 is 2.10 bits per heavy atom. The molecule has 0 bridgehead atoms. The van der Waals surface area contributed by atoms with Gasteiger partial charge in [0.15, 0.2) is 0 Å². The van der Waals surface area contributed by atoms with Gasteiger partial charge in [0, 0.05) is 12.2 Å². The van der Waals surface area contributed by atoms with Crippen LogP contribution in [0.4, 0.5) is 10.1 Å². The van der Waals surface area contributed by atoms with Gasteiger partial charge in [-0.1, -0.05) is 23.7 Å². The summed E-state index contributed by atoms with van der Waals surface area (Å²) in [7, 11) is 1.33. The SMILES string of the molecule is COC(=O)c1cccc(NCc2ccc(Cl)c(F)c2)c1. The monoisotopic (exact) mass is 293 g/mol. The van der Waals surface area contributed by atoms with Crippen LogP contribution in [0, 0.1) is 5.82 Å². The Kier molecular flexibility index (Phi) is 4.58. The molecule has 0 amide bonds. The molecule has 0 spiro atoms. The van der Waals surface area contributed by atoms with E-state index in [1.54, 1.807) is 24.3 Å². The Morgan fingerprint density at radius 1 is 1.30 bits per heavy atom. The minimum atomic E-state index is -0.450. The second-order valence-electron chi connectivity index (χ2n) is 4.17. The fourth-order valence-electron chi connectivity index (χ4n) is 1.73. The van der Waals surface area contributed by atoms with Gasteiger partial charge in [0.05, 0.1) is 17.7 Å². The Bertz CT molecular complexity index is 631. The number of methoxy groups -OCH3 is 1. The van der Waals surface area contributed by atoms with Crippen LogP contribution in [0.1, 0.15) is 15.9 Å². The van der Waals surface area contributed by atoms with Crippen molar-refractivity contribution in [3.63, 3.8) is 0 Å². The van der Waals surface area contributed by atoms with Gasteiger partial charge in [0.25, 0.3) is 0 Å². The van der Waals surface area contributed by atoms with E-state index >= 15 is 0 Å². The molecule has 1 N–H and O–H groups in total. The maximum Gasteiger partial charge on any atom is 0.337 e. The second-order valence-corrected chi connectivity index (χ2v) is 4.58. The van der Waals surface area contributed by atoms with E-state index in [0.29, 0.717) is 12.1 Å². The van der Waals surface area contributed by atoms with Crippen molar-refractivity contribution in [3.05, 3.63) is 64.4 Å². The van der Waals surface area contributed by atoms with Crippen LogP contribution in [0.5, 0.6) is 0 Å². The van der Waals surface area contributed by atoms with Crippen molar-refractivity contribution in [1.82, 2.24) is 0 Å². The van der Waals surface area contributed by atoms with Crippen LogP contribution < -0.4 is 5.32 Å². The summed E-state index contributed by atoms with van der Waals surface area (Å²) in [6.45, 7) is 0.429. The van der Waals surface area contributed by atoms with Gasteiger partial charge in [-0.15, -0.1) is 0 Å². The number of rotatable bonds is 4. The molecule has 0 aliphatic rings. The van der Waals surface area contributed by atoms with E-state index in [1.165, 1.54) is 19.2 Å². The van der Waals surface area contributed by atoms with Crippen molar-refractivity contribution in [2.75, 3.05) is 12.4 Å². The molecule has 5 heteroatoms. The van der Waals surface area contributed by atoms with E-state index in [9.17, 15) is 9.18 Å². The zero-order chi connectivity index (χ0) is 14.5. The van der Waals surface area contributed by atoms with E-state index in [-0.39, 0.29) is 5.02 Å². The van der Waals surface area contributed by atoms with E-state index in [4.69, 9.17) is 11.6 Å². The van der Waals surface area contributed by atoms with Gasteiger partial charge in [-0.2, -0.15) is 0 Å². The average Bonchev–Trinajstić information content (AvgIpc) is 2.48. The number of carbonyl (C=O) groups is 1. The van der Waals surface area contributed by atoms with Gasteiger partial charge in [0.1, 0.15) is 5.82 Å². The molecule has 20 heavy (non-hydrogen) atoms. The summed E-state index contributed by atoms with van der Waals surface area (Å²) >= 11 is 5.62. The third kappa shape index (κ3) is 3.48. The number of esters is 1. The highest BCUT2D eigenvalue weighted by atomic mass is 35.5. The highest BCUT2D eigenvalue weighted by molar-refractivity contribution is 6.30. The molecule has 104 valence electrons. The minimum Gasteiger partial charge on any atom is -0.465 e. The number of anilines is 1. The molecule has 0 unspecified atom stereocenters. The summed E-state index contributed by atoms with van der Waals surface area (Å²) in [5, 5.41) is 3.21. The molecule has 0 aliphatic heterocycles. The van der Waals surface area contributed by atoms with Crippen molar-refractivity contribution in [2.24, 2.45) is 0 Å². The lowest BCUT2D eigenvalue weighted by Gasteiger charge is -2.08. The lowest BCUT2D eigenvalue weighted by atomic mass is 10.2. The summed E-state index contributed by atoms with van der Waals surface area (Å²) in [6, 6.07) is 11.5. The summed E-state index contributed by atoms with van der Waals surface area (Å²) in [6.07, 6.45) is 0. The number of nitrogens with one attached hydrogen (secondary N) is 1. The summed E-state index contributed by atoms with van der Waals surface area (Å²) in [4.78, 5) is 11.4. The van der Waals surface area contributed by atoms with Crippen molar-refractivity contribution < 1.29 is 13.9 Å². The first-order valence-corrected chi connectivity index (χ1v) is 6.34. The maximum absolute atomic E-state index is 13.3. The predicted molar refractivity (Wildman–Crippen MR) is 76.5 cm³/mol.